The Morgan fingerprint density at radius 2 is 1.71 bits per heavy atom. The predicted molar refractivity (Wildman–Crippen MR) is 114 cm³/mol. The van der Waals surface area contributed by atoms with Crippen LogP contribution in [0.15, 0.2) is 42.5 Å². The van der Waals surface area contributed by atoms with Gasteiger partial charge in [-0.3, -0.25) is 4.90 Å². The van der Waals surface area contributed by atoms with Crippen LogP contribution >= 0.6 is 0 Å². The Kier molecular flexibility index (Phi) is 5.41. The van der Waals surface area contributed by atoms with Gasteiger partial charge in [0.15, 0.2) is 0 Å². The van der Waals surface area contributed by atoms with Gasteiger partial charge in [-0.15, -0.1) is 0 Å². The highest BCUT2D eigenvalue weighted by atomic mass is 16.3. The molecular weight excluding hydrogens is 348 g/mol. The molecule has 150 valence electrons. The SMILES string of the molecule is Cc1cc(C)nc(N2CC[C@](O)(c3ccccc3)[C@H](N3CCN(C)CC3)C2)c1. The highest BCUT2D eigenvalue weighted by molar-refractivity contribution is 5.44. The maximum atomic E-state index is 11.9. The van der Waals surface area contributed by atoms with Crippen LogP contribution in [0, 0.1) is 13.8 Å². The molecule has 0 saturated carbocycles. The lowest BCUT2D eigenvalue weighted by Gasteiger charge is -2.51. The van der Waals surface area contributed by atoms with Gasteiger partial charge in [0.2, 0.25) is 0 Å². The summed E-state index contributed by atoms with van der Waals surface area (Å²) in [5.41, 5.74) is 2.50. The first-order valence-electron chi connectivity index (χ1n) is 10.4. The molecule has 1 aromatic carbocycles. The summed E-state index contributed by atoms with van der Waals surface area (Å²) in [6, 6.07) is 14.6. The normalized spacial score (nSPS) is 27.1. The Balaban J connectivity index is 1.65. The van der Waals surface area contributed by atoms with Crippen molar-refractivity contribution < 1.29 is 5.11 Å². The first kappa shape index (κ1) is 19.4. The summed E-state index contributed by atoms with van der Waals surface area (Å²) in [5.74, 6) is 1.03. The number of hydrogen-bond acceptors (Lipinski definition) is 5. The highest BCUT2D eigenvalue weighted by Crippen LogP contribution is 2.37. The number of aryl methyl sites for hydroxylation is 2. The fourth-order valence-electron chi connectivity index (χ4n) is 4.73. The first-order chi connectivity index (χ1) is 13.5. The third-order valence-corrected chi connectivity index (χ3v) is 6.37. The number of hydrogen-bond donors (Lipinski definition) is 1. The molecule has 2 atom stereocenters. The fourth-order valence-corrected chi connectivity index (χ4v) is 4.73. The molecule has 3 heterocycles. The fraction of sp³-hybridized carbons (Fsp3) is 0.522. The Morgan fingerprint density at radius 3 is 2.39 bits per heavy atom. The van der Waals surface area contributed by atoms with Gasteiger partial charge in [0, 0.05) is 45.0 Å². The van der Waals surface area contributed by atoms with Gasteiger partial charge in [0.25, 0.3) is 0 Å². The van der Waals surface area contributed by atoms with Crippen LogP contribution in [0.3, 0.4) is 0 Å². The second-order valence-electron chi connectivity index (χ2n) is 8.49. The molecule has 0 amide bonds. The molecule has 2 aromatic rings. The van der Waals surface area contributed by atoms with Crippen molar-refractivity contribution in [3.8, 4) is 0 Å². The van der Waals surface area contributed by atoms with Gasteiger partial charge in [-0.1, -0.05) is 30.3 Å². The van der Waals surface area contributed by atoms with Crippen LogP contribution < -0.4 is 4.90 Å². The third kappa shape index (κ3) is 3.79. The number of nitrogens with zero attached hydrogens (tertiary/aromatic N) is 4. The maximum Gasteiger partial charge on any atom is 0.129 e. The van der Waals surface area contributed by atoms with Crippen LogP contribution in [-0.2, 0) is 5.60 Å². The van der Waals surface area contributed by atoms with Gasteiger partial charge in [-0.05, 0) is 50.6 Å². The van der Waals surface area contributed by atoms with Crippen molar-refractivity contribution in [2.24, 2.45) is 0 Å². The molecule has 2 aliphatic heterocycles. The number of likely N-dealkylation sites (N-methyl/N-ethyl adjacent to an activating group) is 1. The summed E-state index contributed by atoms with van der Waals surface area (Å²) in [4.78, 5) is 12.0. The number of piperazine rings is 1. The number of aliphatic hydroxyl groups is 1. The molecule has 2 aliphatic rings. The van der Waals surface area contributed by atoms with Gasteiger partial charge in [0.05, 0.1) is 6.04 Å². The molecule has 0 bridgehead atoms. The smallest absolute Gasteiger partial charge is 0.129 e. The molecule has 1 N–H and O–H groups in total. The number of anilines is 1. The zero-order valence-corrected chi connectivity index (χ0v) is 17.3. The van der Waals surface area contributed by atoms with Crippen LogP contribution in [0.4, 0.5) is 5.82 Å². The molecule has 5 heteroatoms. The van der Waals surface area contributed by atoms with Crippen LogP contribution in [0.25, 0.3) is 0 Å². The number of benzene rings is 1. The molecular formula is C23H32N4O. The van der Waals surface area contributed by atoms with Gasteiger partial charge in [-0.25, -0.2) is 4.98 Å². The van der Waals surface area contributed by atoms with Crippen LogP contribution in [0.5, 0.6) is 0 Å². The monoisotopic (exact) mass is 380 g/mol. The average Bonchev–Trinajstić information content (AvgIpc) is 2.69. The zero-order valence-electron chi connectivity index (χ0n) is 17.3. The standard InChI is InChI=1S/C23H32N4O/c1-18-15-19(2)24-22(16-18)27-10-9-23(28,20-7-5-4-6-8-20)21(17-27)26-13-11-25(3)12-14-26/h4-8,15-16,21,28H,9-14,17H2,1-3H3/t21-,23+/m1/s1. The van der Waals surface area contributed by atoms with Crippen LogP contribution in [0.2, 0.25) is 0 Å². The topological polar surface area (TPSA) is 42.8 Å². The molecule has 0 aliphatic carbocycles. The molecule has 5 nitrogen and oxygen atoms in total. The lowest BCUT2D eigenvalue weighted by Crippen LogP contribution is -2.64. The Morgan fingerprint density at radius 1 is 1.00 bits per heavy atom. The molecule has 0 spiro atoms. The van der Waals surface area contributed by atoms with Gasteiger partial charge < -0.3 is 14.9 Å². The van der Waals surface area contributed by atoms with E-state index in [9.17, 15) is 5.11 Å². The molecule has 0 unspecified atom stereocenters. The van der Waals surface area contributed by atoms with Crippen molar-refractivity contribution in [2.75, 3.05) is 51.2 Å². The van der Waals surface area contributed by atoms with Gasteiger partial charge in [0.1, 0.15) is 11.4 Å². The maximum absolute atomic E-state index is 11.9. The Labute approximate surface area is 168 Å². The quantitative estimate of drug-likeness (QED) is 0.886. The van der Waals surface area contributed by atoms with E-state index in [2.05, 4.69) is 59.9 Å². The van der Waals surface area contributed by atoms with Crippen LogP contribution in [-0.4, -0.2) is 72.2 Å². The lowest BCUT2D eigenvalue weighted by molar-refractivity contribution is -0.0757. The van der Waals surface area contributed by atoms with Crippen molar-refractivity contribution in [3.05, 3.63) is 59.3 Å². The summed E-state index contributed by atoms with van der Waals surface area (Å²) in [6.07, 6.45) is 0.711. The first-order valence-corrected chi connectivity index (χ1v) is 10.4. The van der Waals surface area contributed by atoms with E-state index < -0.39 is 5.60 Å². The second-order valence-corrected chi connectivity index (χ2v) is 8.49. The van der Waals surface area contributed by atoms with E-state index in [1.54, 1.807) is 0 Å². The van der Waals surface area contributed by atoms with E-state index in [1.165, 1.54) is 5.56 Å². The molecule has 0 radical (unpaired) electrons. The van der Waals surface area contributed by atoms with E-state index >= 15 is 0 Å². The summed E-state index contributed by atoms with van der Waals surface area (Å²) in [5, 5.41) is 11.9. The summed E-state index contributed by atoms with van der Waals surface area (Å²) in [7, 11) is 2.17. The molecule has 4 rings (SSSR count). The molecule has 1 aromatic heterocycles. The Hall–Kier alpha value is -1.95. The minimum absolute atomic E-state index is 0.0555. The van der Waals surface area contributed by atoms with E-state index in [-0.39, 0.29) is 6.04 Å². The molecule has 28 heavy (non-hydrogen) atoms. The van der Waals surface area contributed by atoms with Crippen molar-refractivity contribution in [2.45, 2.75) is 31.9 Å². The van der Waals surface area contributed by atoms with E-state index in [0.717, 1.165) is 56.3 Å². The van der Waals surface area contributed by atoms with E-state index in [4.69, 9.17) is 4.98 Å². The Bertz CT molecular complexity index is 783. The highest BCUT2D eigenvalue weighted by Gasteiger charge is 2.46. The second kappa shape index (κ2) is 7.82. The third-order valence-electron chi connectivity index (χ3n) is 6.37. The summed E-state index contributed by atoms with van der Waals surface area (Å²) >= 11 is 0. The van der Waals surface area contributed by atoms with Crippen molar-refractivity contribution >= 4 is 5.82 Å². The predicted octanol–water partition coefficient (Wildman–Crippen LogP) is 2.41. The van der Waals surface area contributed by atoms with Crippen molar-refractivity contribution in [3.63, 3.8) is 0 Å². The molecule has 2 saturated heterocycles. The van der Waals surface area contributed by atoms with Crippen molar-refractivity contribution in [1.29, 1.82) is 0 Å². The number of piperidine rings is 1. The number of pyridine rings is 1. The minimum Gasteiger partial charge on any atom is -0.383 e. The minimum atomic E-state index is -0.827. The van der Waals surface area contributed by atoms with Gasteiger partial charge in [-0.2, -0.15) is 0 Å². The van der Waals surface area contributed by atoms with Gasteiger partial charge >= 0.3 is 0 Å². The average molecular weight is 381 g/mol. The number of rotatable bonds is 3. The zero-order chi connectivity index (χ0) is 19.7. The summed E-state index contributed by atoms with van der Waals surface area (Å²) in [6.45, 7) is 9.86. The van der Waals surface area contributed by atoms with E-state index in [1.807, 2.05) is 18.2 Å². The lowest BCUT2D eigenvalue weighted by atomic mass is 9.79. The van der Waals surface area contributed by atoms with Crippen molar-refractivity contribution in [1.82, 2.24) is 14.8 Å². The number of aromatic nitrogens is 1. The largest absolute Gasteiger partial charge is 0.383 e. The van der Waals surface area contributed by atoms with E-state index in [0.29, 0.717) is 6.42 Å². The van der Waals surface area contributed by atoms with Crippen LogP contribution in [0.1, 0.15) is 23.2 Å². The molecule has 2 fully saturated rings. The summed E-state index contributed by atoms with van der Waals surface area (Å²) < 4.78 is 0.